The standard InChI is InChI=1S/C12H25N.C10H21N/c1-10(2)13-11(3,4)8-7-9-12(13,5)6;1-8(2)11-9(3)6-5-7-10(11)4/h10H,7-9H2,1-6H3;8-10H,5-7H2,1-4H3. The molecule has 0 aromatic heterocycles. The number of piperidine rings is 2. The maximum atomic E-state index is 2.68. The first-order valence-electron chi connectivity index (χ1n) is 10.5. The van der Waals surface area contributed by atoms with Crippen LogP contribution >= 0.6 is 0 Å². The summed E-state index contributed by atoms with van der Waals surface area (Å²) in [7, 11) is 0. The zero-order valence-electron chi connectivity index (χ0n) is 18.4. The van der Waals surface area contributed by atoms with Gasteiger partial charge < -0.3 is 0 Å². The molecule has 0 amide bonds. The van der Waals surface area contributed by atoms with Crippen molar-refractivity contribution in [3.8, 4) is 0 Å². The lowest BCUT2D eigenvalue weighted by molar-refractivity contribution is -0.0508. The van der Waals surface area contributed by atoms with E-state index < -0.39 is 0 Å². The molecule has 2 fully saturated rings. The minimum absolute atomic E-state index is 0.385. The summed E-state index contributed by atoms with van der Waals surface area (Å²) in [6.07, 6.45) is 8.27. The average Bonchev–Trinajstić information content (AvgIpc) is 2.35. The molecule has 2 atom stereocenters. The fourth-order valence-corrected chi connectivity index (χ4v) is 5.87. The summed E-state index contributed by atoms with van der Waals surface area (Å²) in [6.45, 7) is 23.5. The lowest BCUT2D eigenvalue weighted by Gasteiger charge is -2.55. The lowest BCUT2D eigenvalue weighted by Crippen LogP contribution is -2.61. The average molecular weight is 339 g/mol. The highest BCUT2D eigenvalue weighted by atomic mass is 15.3. The van der Waals surface area contributed by atoms with Crippen molar-refractivity contribution in [1.82, 2.24) is 9.80 Å². The van der Waals surface area contributed by atoms with Crippen molar-refractivity contribution in [3.63, 3.8) is 0 Å². The zero-order valence-corrected chi connectivity index (χ0v) is 18.4. The smallest absolute Gasteiger partial charge is 0.0161 e. The van der Waals surface area contributed by atoms with Crippen LogP contribution in [0.3, 0.4) is 0 Å². The Morgan fingerprint density at radius 1 is 0.708 bits per heavy atom. The van der Waals surface area contributed by atoms with Gasteiger partial charge >= 0.3 is 0 Å². The van der Waals surface area contributed by atoms with E-state index in [1.165, 1.54) is 38.5 Å². The predicted octanol–water partition coefficient (Wildman–Crippen LogP) is 6.10. The Balaban J connectivity index is 0.000000243. The first-order chi connectivity index (χ1) is 10.9. The molecule has 2 aliphatic heterocycles. The van der Waals surface area contributed by atoms with Gasteiger partial charge in [0.2, 0.25) is 0 Å². The van der Waals surface area contributed by atoms with Crippen molar-refractivity contribution in [1.29, 1.82) is 0 Å². The van der Waals surface area contributed by atoms with Crippen molar-refractivity contribution in [2.24, 2.45) is 0 Å². The molecular weight excluding hydrogens is 292 g/mol. The van der Waals surface area contributed by atoms with Crippen LogP contribution in [0, 0.1) is 0 Å². The van der Waals surface area contributed by atoms with Crippen LogP contribution in [0.5, 0.6) is 0 Å². The fraction of sp³-hybridized carbons (Fsp3) is 1.00. The van der Waals surface area contributed by atoms with Gasteiger partial charge in [0.1, 0.15) is 0 Å². The van der Waals surface area contributed by atoms with Gasteiger partial charge in [-0.15, -0.1) is 0 Å². The second-order valence-corrected chi connectivity index (χ2v) is 10.1. The first kappa shape index (κ1) is 22.0. The summed E-state index contributed by atoms with van der Waals surface area (Å²) in [5.41, 5.74) is 0.770. The Kier molecular flexibility index (Phi) is 7.81. The van der Waals surface area contributed by atoms with E-state index in [4.69, 9.17) is 0 Å². The quantitative estimate of drug-likeness (QED) is 0.600. The van der Waals surface area contributed by atoms with E-state index in [1.54, 1.807) is 0 Å². The van der Waals surface area contributed by atoms with Crippen LogP contribution in [0.4, 0.5) is 0 Å². The number of rotatable bonds is 2. The highest BCUT2D eigenvalue weighted by Crippen LogP contribution is 2.39. The SMILES string of the molecule is CC(C)N1C(C)(C)CCCC1(C)C.CC(C)N1C(C)CCCC1C. The molecule has 2 saturated heterocycles. The number of likely N-dealkylation sites (tertiary alicyclic amines) is 2. The van der Waals surface area contributed by atoms with Crippen LogP contribution in [0.25, 0.3) is 0 Å². The molecule has 2 nitrogen and oxygen atoms in total. The molecule has 0 aromatic rings. The lowest BCUT2D eigenvalue weighted by atomic mass is 9.79. The molecule has 144 valence electrons. The summed E-state index contributed by atoms with van der Waals surface area (Å²) in [4.78, 5) is 5.33. The van der Waals surface area contributed by atoms with Gasteiger partial charge in [0.15, 0.2) is 0 Å². The van der Waals surface area contributed by atoms with Crippen molar-refractivity contribution < 1.29 is 0 Å². The van der Waals surface area contributed by atoms with E-state index in [0.717, 1.165) is 18.1 Å². The maximum absolute atomic E-state index is 2.68. The van der Waals surface area contributed by atoms with Crippen LogP contribution in [0.1, 0.15) is 108 Å². The molecule has 0 aliphatic carbocycles. The monoisotopic (exact) mass is 338 g/mol. The molecule has 0 saturated carbocycles. The Morgan fingerprint density at radius 2 is 1.12 bits per heavy atom. The molecule has 0 aromatic carbocycles. The van der Waals surface area contributed by atoms with Gasteiger partial charge in [-0.3, -0.25) is 9.80 Å². The van der Waals surface area contributed by atoms with Gasteiger partial charge in [0, 0.05) is 35.2 Å². The van der Waals surface area contributed by atoms with Crippen LogP contribution in [0.2, 0.25) is 0 Å². The minimum atomic E-state index is 0.385. The van der Waals surface area contributed by atoms with E-state index in [2.05, 4.69) is 79.0 Å². The summed E-state index contributed by atoms with van der Waals surface area (Å²) in [6, 6.07) is 2.99. The van der Waals surface area contributed by atoms with E-state index in [-0.39, 0.29) is 0 Å². The molecule has 0 N–H and O–H groups in total. The second-order valence-electron chi connectivity index (χ2n) is 10.1. The van der Waals surface area contributed by atoms with E-state index in [9.17, 15) is 0 Å². The van der Waals surface area contributed by atoms with Gasteiger partial charge in [0.25, 0.3) is 0 Å². The fourth-order valence-electron chi connectivity index (χ4n) is 5.87. The molecule has 2 heterocycles. The molecule has 0 spiro atoms. The van der Waals surface area contributed by atoms with E-state index >= 15 is 0 Å². The van der Waals surface area contributed by atoms with Gasteiger partial charge in [0.05, 0.1) is 0 Å². The Morgan fingerprint density at radius 3 is 1.38 bits per heavy atom. The number of nitrogens with zero attached hydrogens (tertiary/aromatic N) is 2. The topological polar surface area (TPSA) is 6.48 Å². The first-order valence-corrected chi connectivity index (χ1v) is 10.5. The predicted molar refractivity (Wildman–Crippen MR) is 109 cm³/mol. The molecule has 0 bridgehead atoms. The van der Waals surface area contributed by atoms with Gasteiger partial charge in [-0.1, -0.05) is 6.42 Å². The number of hydrogen-bond donors (Lipinski definition) is 0. The zero-order chi connectivity index (χ0) is 18.7. The van der Waals surface area contributed by atoms with E-state index in [1.807, 2.05) is 0 Å². The molecular formula is C22H46N2. The summed E-state index contributed by atoms with van der Waals surface area (Å²) >= 11 is 0. The van der Waals surface area contributed by atoms with Crippen molar-refractivity contribution in [2.45, 2.75) is 143 Å². The highest BCUT2D eigenvalue weighted by Gasteiger charge is 2.42. The van der Waals surface area contributed by atoms with Gasteiger partial charge in [-0.25, -0.2) is 0 Å². The van der Waals surface area contributed by atoms with Crippen molar-refractivity contribution in [3.05, 3.63) is 0 Å². The Labute approximate surface area is 153 Å². The molecule has 24 heavy (non-hydrogen) atoms. The number of hydrogen-bond acceptors (Lipinski definition) is 2. The Hall–Kier alpha value is -0.0800. The summed E-state index contributed by atoms with van der Waals surface area (Å²) < 4.78 is 0. The maximum Gasteiger partial charge on any atom is 0.0161 e. The Bertz CT molecular complexity index is 344. The van der Waals surface area contributed by atoms with Crippen LogP contribution < -0.4 is 0 Å². The minimum Gasteiger partial charge on any atom is -0.296 e. The van der Waals surface area contributed by atoms with Crippen LogP contribution in [-0.2, 0) is 0 Å². The molecule has 2 heteroatoms. The molecule has 0 radical (unpaired) electrons. The van der Waals surface area contributed by atoms with Crippen molar-refractivity contribution >= 4 is 0 Å². The third-order valence-electron chi connectivity index (χ3n) is 6.26. The molecule has 2 rings (SSSR count). The normalized spacial score (nSPS) is 31.0. The second kappa shape index (κ2) is 8.54. The van der Waals surface area contributed by atoms with Crippen LogP contribution in [-0.4, -0.2) is 45.0 Å². The highest BCUT2D eigenvalue weighted by molar-refractivity contribution is 4.98. The van der Waals surface area contributed by atoms with Crippen LogP contribution in [0.15, 0.2) is 0 Å². The third kappa shape index (κ3) is 5.46. The van der Waals surface area contributed by atoms with Gasteiger partial charge in [-0.05, 0) is 101 Å². The summed E-state index contributed by atoms with van der Waals surface area (Å²) in [5.74, 6) is 0. The van der Waals surface area contributed by atoms with Crippen molar-refractivity contribution in [2.75, 3.05) is 0 Å². The van der Waals surface area contributed by atoms with Gasteiger partial charge in [-0.2, -0.15) is 0 Å². The van der Waals surface area contributed by atoms with E-state index in [0.29, 0.717) is 17.1 Å². The molecule has 2 aliphatic rings. The third-order valence-corrected chi connectivity index (χ3v) is 6.26. The molecule has 2 unspecified atom stereocenters. The largest absolute Gasteiger partial charge is 0.296 e. The summed E-state index contributed by atoms with van der Waals surface area (Å²) in [5, 5.41) is 0.